The monoisotopic (exact) mass is 424 g/mol. The Labute approximate surface area is 175 Å². The number of nitrogens with zero attached hydrogens (tertiary/aromatic N) is 2. The average molecular weight is 426 g/mol. The molecule has 5 nitrogen and oxygen atoms in total. The largest absolute Gasteiger partial charge is 0.352 e. The molecule has 0 spiro atoms. The Morgan fingerprint density at radius 3 is 2.38 bits per heavy atom. The Bertz CT molecular complexity index is 518. The molecule has 1 amide bonds. The van der Waals surface area contributed by atoms with Crippen molar-refractivity contribution >= 4 is 43.1 Å². The summed E-state index contributed by atoms with van der Waals surface area (Å²) in [6.45, 7) is 2.89. The van der Waals surface area contributed by atoms with E-state index in [9.17, 15) is 4.79 Å². The molecule has 1 saturated heterocycles. The highest BCUT2D eigenvalue weighted by Crippen LogP contribution is 2.26. The number of hydrogen-bond acceptors (Lipinski definition) is 4. The van der Waals surface area contributed by atoms with E-state index in [4.69, 9.17) is 5.73 Å². The number of likely N-dealkylation sites (tertiary alicyclic amines) is 1. The molecule has 1 aliphatic heterocycles. The quantitative estimate of drug-likeness (QED) is 0.777. The lowest BCUT2D eigenvalue weighted by molar-refractivity contribution is -0.128. The number of rotatable bonds is 4. The number of amides is 1. The van der Waals surface area contributed by atoms with Crippen LogP contribution in [0.15, 0.2) is 24.4 Å². The van der Waals surface area contributed by atoms with Crippen LogP contribution in [0, 0.1) is 0 Å². The molecule has 0 aromatic carbocycles. The van der Waals surface area contributed by atoms with E-state index in [2.05, 4.69) is 21.3 Å². The first-order chi connectivity index (χ1) is 11.2. The zero-order valence-corrected chi connectivity index (χ0v) is 17.5. The van der Waals surface area contributed by atoms with Crippen LogP contribution in [0.2, 0.25) is 0 Å². The van der Waals surface area contributed by atoms with E-state index in [1.165, 1.54) is 6.42 Å². The van der Waals surface area contributed by atoms with Gasteiger partial charge in [-0.2, -0.15) is 0 Å². The molecule has 2 heterocycles. The van der Waals surface area contributed by atoms with Gasteiger partial charge in [-0.3, -0.25) is 14.7 Å². The lowest BCUT2D eigenvalue weighted by Crippen LogP contribution is -2.58. The molecular formula is C18H31Cl3N4O. The van der Waals surface area contributed by atoms with E-state index in [1.54, 1.807) is 0 Å². The first-order valence-electron chi connectivity index (χ1n) is 8.88. The zero-order valence-electron chi connectivity index (χ0n) is 15.1. The number of halogens is 3. The molecule has 26 heavy (non-hydrogen) atoms. The molecule has 1 aliphatic carbocycles. The van der Waals surface area contributed by atoms with Crippen LogP contribution in [0.4, 0.5) is 0 Å². The number of hydrogen-bond donors (Lipinski definition) is 2. The summed E-state index contributed by atoms with van der Waals surface area (Å²) in [4.78, 5) is 19.3. The molecule has 1 aromatic rings. The van der Waals surface area contributed by atoms with Gasteiger partial charge in [0.05, 0.1) is 11.2 Å². The van der Waals surface area contributed by atoms with E-state index in [0.717, 1.165) is 63.9 Å². The standard InChI is InChI=1S/C18H28N4O.3ClH/c19-18(9-3-1-4-10-18)17(23)21-15-7-12-22(13-8-15)14-16-6-2-5-11-20-16;;;/h2,5-6,11,15H,1,3-4,7-10,12-14,19H2,(H,21,23);3*1H. The maximum atomic E-state index is 12.5. The van der Waals surface area contributed by atoms with Gasteiger partial charge in [-0.25, -0.2) is 0 Å². The van der Waals surface area contributed by atoms with Crippen LogP contribution in [-0.2, 0) is 11.3 Å². The van der Waals surface area contributed by atoms with Crippen LogP contribution < -0.4 is 11.1 Å². The SMILES string of the molecule is Cl.Cl.Cl.NC1(C(=O)NC2CCN(Cc3ccccn3)CC2)CCCCC1. The molecule has 2 fully saturated rings. The third-order valence-corrected chi connectivity index (χ3v) is 5.23. The summed E-state index contributed by atoms with van der Waals surface area (Å²) in [5, 5.41) is 3.21. The third kappa shape index (κ3) is 6.86. The van der Waals surface area contributed by atoms with Gasteiger partial charge in [0, 0.05) is 31.9 Å². The van der Waals surface area contributed by atoms with Crippen LogP contribution in [-0.4, -0.2) is 40.5 Å². The van der Waals surface area contributed by atoms with Crippen molar-refractivity contribution in [1.82, 2.24) is 15.2 Å². The summed E-state index contributed by atoms with van der Waals surface area (Å²) in [5.74, 6) is 0.0698. The Morgan fingerprint density at radius 1 is 1.15 bits per heavy atom. The molecule has 8 heteroatoms. The number of nitrogens with two attached hydrogens (primary N) is 1. The van der Waals surface area contributed by atoms with Crippen molar-refractivity contribution in [3.63, 3.8) is 0 Å². The second kappa shape index (κ2) is 12.0. The minimum Gasteiger partial charge on any atom is -0.352 e. The number of carbonyl (C=O) groups excluding carboxylic acids is 1. The van der Waals surface area contributed by atoms with Gasteiger partial charge in [-0.05, 0) is 37.8 Å². The van der Waals surface area contributed by atoms with Crippen molar-refractivity contribution in [2.24, 2.45) is 5.73 Å². The Kier molecular flexibility index (Phi) is 11.7. The van der Waals surface area contributed by atoms with E-state index in [1.807, 2.05) is 18.3 Å². The predicted octanol–water partition coefficient (Wildman–Crippen LogP) is 3.09. The fourth-order valence-corrected chi connectivity index (χ4v) is 3.70. The molecule has 0 bridgehead atoms. The maximum absolute atomic E-state index is 12.5. The molecule has 1 saturated carbocycles. The number of aromatic nitrogens is 1. The number of pyridine rings is 1. The van der Waals surface area contributed by atoms with Crippen LogP contribution >= 0.6 is 37.2 Å². The van der Waals surface area contributed by atoms with Gasteiger partial charge < -0.3 is 11.1 Å². The minimum atomic E-state index is -0.622. The zero-order chi connectivity index (χ0) is 16.1. The lowest BCUT2D eigenvalue weighted by Gasteiger charge is -2.36. The van der Waals surface area contributed by atoms with Crippen molar-refractivity contribution < 1.29 is 4.79 Å². The topological polar surface area (TPSA) is 71.2 Å². The fraction of sp³-hybridized carbons (Fsp3) is 0.667. The first-order valence-corrected chi connectivity index (χ1v) is 8.88. The van der Waals surface area contributed by atoms with Gasteiger partial charge in [-0.1, -0.05) is 25.3 Å². The molecule has 3 N–H and O–H groups in total. The molecule has 0 unspecified atom stereocenters. The van der Waals surface area contributed by atoms with Crippen LogP contribution in [0.3, 0.4) is 0 Å². The average Bonchev–Trinajstić information content (AvgIpc) is 2.58. The van der Waals surface area contributed by atoms with Crippen molar-refractivity contribution in [3.8, 4) is 0 Å². The van der Waals surface area contributed by atoms with Crippen LogP contribution in [0.25, 0.3) is 0 Å². The second-order valence-corrected chi connectivity index (χ2v) is 7.06. The van der Waals surface area contributed by atoms with Gasteiger partial charge in [0.15, 0.2) is 0 Å². The molecule has 0 radical (unpaired) electrons. The highest BCUT2D eigenvalue weighted by molar-refractivity contribution is 5.86. The lowest BCUT2D eigenvalue weighted by atomic mass is 9.81. The second-order valence-electron chi connectivity index (χ2n) is 7.06. The third-order valence-electron chi connectivity index (χ3n) is 5.23. The predicted molar refractivity (Wildman–Crippen MR) is 112 cm³/mol. The van der Waals surface area contributed by atoms with Crippen LogP contribution in [0.1, 0.15) is 50.6 Å². The van der Waals surface area contributed by atoms with E-state index in [0.29, 0.717) is 0 Å². The maximum Gasteiger partial charge on any atom is 0.240 e. The summed E-state index contributed by atoms with van der Waals surface area (Å²) in [6, 6.07) is 6.30. The normalized spacial score (nSPS) is 20.0. The van der Waals surface area contributed by atoms with Gasteiger partial charge in [0.2, 0.25) is 5.91 Å². The highest BCUT2D eigenvalue weighted by atomic mass is 35.5. The molecule has 0 atom stereocenters. The number of nitrogens with one attached hydrogen (secondary N) is 1. The molecule has 3 rings (SSSR count). The summed E-state index contributed by atoms with van der Waals surface area (Å²) < 4.78 is 0. The molecule has 1 aromatic heterocycles. The van der Waals surface area contributed by atoms with Gasteiger partial charge in [-0.15, -0.1) is 37.2 Å². The van der Waals surface area contributed by atoms with E-state index < -0.39 is 5.54 Å². The molecular weight excluding hydrogens is 395 g/mol. The Hall–Kier alpha value is -0.590. The van der Waals surface area contributed by atoms with Crippen molar-refractivity contribution in [3.05, 3.63) is 30.1 Å². The summed E-state index contributed by atoms with van der Waals surface area (Å²) in [5.41, 5.74) is 6.81. The molecule has 150 valence electrons. The van der Waals surface area contributed by atoms with E-state index in [-0.39, 0.29) is 49.2 Å². The molecule has 2 aliphatic rings. The van der Waals surface area contributed by atoms with Gasteiger partial charge in [0.1, 0.15) is 0 Å². The van der Waals surface area contributed by atoms with Gasteiger partial charge in [0.25, 0.3) is 0 Å². The minimum absolute atomic E-state index is 0. The van der Waals surface area contributed by atoms with Crippen molar-refractivity contribution in [2.45, 2.75) is 63.1 Å². The Balaban J connectivity index is 0.00000208. The highest BCUT2D eigenvalue weighted by Gasteiger charge is 2.36. The number of piperidine rings is 1. The fourth-order valence-electron chi connectivity index (χ4n) is 3.70. The summed E-state index contributed by atoms with van der Waals surface area (Å²) >= 11 is 0. The van der Waals surface area contributed by atoms with E-state index >= 15 is 0 Å². The van der Waals surface area contributed by atoms with Crippen molar-refractivity contribution in [2.75, 3.05) is 13.1 Å². The summed E-state index contributed by atoms with van der Waals surface area (Å²) in [6.07, 6.45) is 8.85. The first kappa shape index (κ1) is 25.4. The number of carbonyl (C=O) groups is 1. The summed E-state index contributed by atoms with van der Waals surface area (Å²) in [7, 11) is 0. The smallest absolute Gasteiger partial charge is 0.240 e. The Morgan fingerprint density at radius 2 is 1.81 bits per heavy atom. The van der Waals surface area contributed by atoms with Crippen molar-refractivity contribution in [1.29, 1.82) is 0 Å². The van der Waals surface area contributed by atoms with Crippen LogP contribution in [0.5, 0.6) is 0 Å². The van der Waals surface area contributed by atoms with Gasteiger partial charge >= 0.3 is 0 Å².